The Hall–Kier alpha value is -1.84. The lowest BCUT2D eigenvalue weighted by molar-refractivity contribution is -0.139. The molecule has 0 saturated carbocycles. The third-order valence-corrected chi connectivity index (χ3v) is 1.80. The van der Waals surface area contributed by atoms with Crippen molar-refractivity contribution in [3.63, 3.8) is 0 Å². The van der Waals surface area contributed by atoms with Crippen LogP contribution in [0.3, 0.4) is 0 Å². The first-order valence-corrected chi connectivity index (χ1v) is 4.01. The van der Waals surface area contributed by atoms with Gasteiger partial charge in [0.05, 0.1) is 13.5 Å². The maximum atomic E-state index is 10.9. The summed E-state index contributed by atoms with van der Waals surface area (Å²) in [4.78, 5) is 21.3. The van der Waals surface area contributed by atoms with Crippen LogP contribution in [0.1, 0.15) is 15.9 Å². The van der Waals surface area contributed by atoms with Crippen molar-refractivity contribution < 1.29 is 19.4 Å². The lowest BCUT2D eigenvalue weighted by Crippen LogP contribution is -2.04. The Bertz CT molecular complexity index is 357. The van der Waals surface area contributed by atoms with E-state index in [0.717, 1.165) is 0 Å². The molecule has 0 bridgehead atoms. The van der Waals surface area contributed by atoms with Gasteiger partial charge in [-0.3, -0.25) is 9.59 Å². The molecule has 1 N–H and O–H groups in total. The molecule has 0 amide bonds. The standard InChI is InChI=1S/C10H10O4/c1-14-10(13)5-8-4-7(6-11)2-3-9(8)12/h2-4,6,12H,5H2,1H3. The monoisotopic (exact) mass is 194 g/mol. The molecule has 1 aromatic rings. The first-order valence-electron chi connectivity index (χ1n) is 4.01. The van der Waals surface area contributed by atoms with Gasteiger partial charge in [0.25, 0.3) is 0 Å². The van der Waals surface area contributed by atoms with Crippen LogP contribution in [0.2, 0.25) is 0 Å². The lowest BCUT2D eigenvalue weighted by Gasteiger charge is -2.03. The van der Waals surface area contributed by atoms with Gasteiger partial charge in [0, 0.05) is 11.1 Å². The summed E-state index contributed by atoms with van der Waals surface area (Å²) in [6.45, 7) is 0. The highest BCUT2D eigenvalue weighted by Crippen LogP contribution is 2.18. The van der Waals surface area contributed by atoms with E-state index in [4.69, 9.17) is 0 Å². The summed E-state index contributed by atoms with van der Waals surface area (Å²) >= 11 is 0. The summed E-state index contributed by atoms with van der Waals surface area (Å²) in [7, 11) is 1.27. The topological polar surface area (TPSA) is 63.6 Å². The summed E-state index contributed by atoms with van der Waals surface area (Å²) in [5.41, 5.74) is 0.808. The molecule has 14 heavy (non-hydrogen) atoms. The summed E-state index contributed by atoms with van der Waals surface area (Å²) in [5.74, 6) is -0.468. The van der Waals surface area contributed by atoms with Crippen LogP contribution in [-0.2, 0) is 16.0 Å². The molecule has 1 rings (SSSR count). The number of aromatic hydroxyl groups is 1. The summed E-state index contributed by atoms with van der Waals surface area (Å²) in [5, 5.41) is 9.35. The van der Waals surface area contributed by atoms with Gasteiger partial charge in [0.2, 0.25) is 0 Å². The van der Waals surface area contributed by atoms with E-state index >= 15 is 0 Å². The molecule has 0 unspecified atom stereocenters. The molecule has 0 spiro atoms. The van der Waals surface area contributed by atoms with E-state index in [9.17, 15) is 14.7 Å². The van der Waals surface area contributed by atoms with Crippen LogP contribution < -0.4 is 0 Å². The van der Waals surface area contributed by atoms with Gasteiger partial charge in [-0.15, -0.1) is 0 Å². The number of hydrogen-bond acceptors (Lipinski definition) is 4. The first-order chi connectivity index (χ1) is 6.67. The molecule has 0 atom stereocenters. The van der Waals surface area contributed by atoms with Crippen molar-refractivity contribution in [3.8, 4) is 5.75 Å². The number of carbonyl (C=O) groups is 2. The van der Waals surface area contributed by atoms with Crippen LogP contribution >= 0.6 is 0 Å². The Kier molecular flexibility index (Phi) is 3.23. The van der Waals surface area contributed by atoms with E-state index in [1.54, 1.807) is 0 Å². The Balaban J connectivity index is 2.94. The number of methoxy groups -OCH3 is 1. The Morgan fingerprint density at radius 2 is 2.29 bits per heavy atom. The molecule has 74 valence electrons. The number of hydrogen-bond donors (Lipinski definition) is 1. The number of aldehydes is 1. The maximum Gasteiger partial charge on any atom is 0.310 e. The summed E-state index contributed by atoms with van der Waals surface area (Å²) in [6.07, 6.45) is 0.615. The zero-order valence-electron chi connectivity index (χ0n) is 7.69. The van der Waals surface area contributed by atoms with Crippen molar-refractivity contribution in [2.45, 2.75) is 6.42 Å². The van der Waals surface area contributed by atoms with Gasteiger partial charge in [0.1, 0.15) is 12.0 Å². The predicted molar refractivity (Wildman–Crippen MR) is 49.2 cm³/mol. The molecular formula is C10H10O4. The first kappa shape index (κ1) is 10.2. The minimum atomic E-state index is -0.455. The average Bonchev–Trinajstić information content (AvgIpc) is 2.21. The number of phenolic OH excluding ortho intramolecular Hbond substituents is 1. The van der Waals surface area contributed by atoms with Gasteiger partial charge in [-0.25, -0.2) is 0 Å². The second kappa shape index (κ2) is 4.41. The SMILES string of the molecule is COC(=O)Cc1cc(C=O)ccc1O. The minimum absolute atomic E-state index is 0.0130. The van der Waals surface area contributed by atoms with E-state index < -0.39 is 5.97 Å². The molecule has 0 aliphatic carbocycles. The zero-order chi connectivity index (χ0) is 10.6. The minimum Gasteiger partial charge on any atom is -0.508 e. The number of esters is 1. The Labute approximate surface area is 81.1 Å². The van der Waals surface area contributed by atoms with E-state index in [1.165, 1.54) is 25.3 Å². The van der Waals surface area contributed by atoms with Crippen molar-refractivity contribution in [2.75, 3.05) is 7.11 Å². The highest BCUT2D eigenvalue weighted by molar-refractivity contribution is 5.78. The molecule has 0 aliphatic heterocycles. The predicted octanol–water partition coefficient (Wildman–Crippen LogP) is 0.920. The van der Waals surface area contributed by atoms with Gasteiger partial charge in [-0.2, -0.15) is 0 Å². The zero-order valence-corrected chi connectivity index (χ0v) is 7.69. The molecule has 0 saturated heterocycles. The third-order valence-electron chi connectivity index (χ3n) is 1.80. The molecule has 1 aromatic carbocycles. The molecule has 4 heteroatoms. The third kappa shape index (κ3) is 2.32. The average molecular weight is 194 g/mol. The van der Waals surface area contributed by atoms with Crippen LogP contribution in [0.4, 0.5) is 0 Å². The van der Waals surface area contributed by atoms with Gasteiger partial charge in [-0.05, 0) is 18.2 Å². The fourth-order valence-corrected chi connectivity index (χ4v) is 1.05. The highest BCUT2D eigenvalue weighted by atomic mass is 16.5. The van der Waals surface area contributed by atoms with Crippen molar-refractivity contribution in [1.29, 1.82) is 0 Å². The Morgan fingerprint density at radius 3 is 2.86 bits per heavy atom. The quantitative estimate of drug-likeness (QED) is 0.574. The van der Waals surface area contributed by atoms with Crippen molar-refractivity contribution in [2.24, 2.45) is 0 Å². The van der Waals surface area contributed by atoms with Crippen LogP contribution in [0.25, 0.3) is 0 Å². The second-order valence-corrected chi connectivity index (χ2v) is 2.76. The fraction of sp³-hybridized carbons (Fsp3) is 0.200. The van der Waals surface area contributed by atoms with Crippen molar-refractivity contribution in [1.82, 2.24) is 0 Å². The fourth-order valence-electron chi connectivity index (χ4n) is 1.05. The smallest absolute Gasteiger partial charge is 0.310 e. The van der Waals surface area contributed by atoms with E-state index in [0.29, 0.717) is 17.4 Å². The number of benzene rings is 1. The van der Waals surface area contributed by atoms with E-state index in [1.807, 2.05) is 0 Å². The van der Waals surface area contributed by atoms with Gasteiger partial charge >= 0.3 is 5.97 Å². The summed E-state index contributed by atoms with van der Waals surface area (Å²) < 4.78 is 4.44. The highest BCUT2D eigenvalue weighted by Gasteiger charge is 2.08. The second-order valence-electron chi connectivity index (χ2n) is 2.76. The molecule has 0 fully saturated rings. The van der Waals surface area contributed by atoms with Gasteiger partial charge in [0.15, 0.2) is 0 Å². The van der Waals surface area contributed by atoms with Crippen LogP contribution in [0.15, 0.2) is 18.2 Å². The van der Waals surface area contributed by atoms with Crippen LogP contribution in [0.5, 0.6) is 5.75 Å². The Morgan fingerprint density at radius 1 is 1.57 bits per heavy atom. The van der Waals surface area contributed by atoms with E-state index in [2.05, 4.69) is 4.74 Å². The van der Waals surface area contributed by atoms with Crippen LogP contribution in [0, 0.1) is 0 Å². The largest absolute Gasteiger partial charge is 0.508 e. The molecule has 4 nitrogen and oxygen atoms in total. The molecular weight excluding hydrogens is 184 g/mol. The molecule has 0 radical (unpaired) electrons. The van der Waals surface area contributed by atoms with Crippen molar-refractivity contribution >= 4 is 12.3 Å². The lowest BCUT2D eigenvalue weighted by atomic mass is 10.1. The van der Waals surface area contributed by atoms with Crippen molar-refractivity contribution in [3.05, 3.63) is 29.3 Å². The molecule has 0 aliphatic rings. The number of phenols is 1. The normalized spacial score (nSPS) is 9.50. The molecule has 0 heterocycles. The van der Waals surface area contributed by atoms with E-state index in [-0.39, 0.29) is 12.2 Å². The van der Waals surface area contributed by atoms with Gasteiger partial charge in [-0.1, -0.05) is 0 Å². The maximum absolute atomic E-state index is 10.9. The van der Waals surface area contributed by atoms with Gasteiger partial charge < -0.3 is 9.84 Å². The molecule has 0 aromatic heterocycles. The van der Waals surface area contributed by atoms with Crippen LogP contribution in [-0.4, -0.2) is 24.5 Å². The number of ether oxygens (including phenoxy) is 1. The number of carbonyl (C=O) groups excluding carboxylic acids is 2. The number of rotatable bonds is 3. The summed E-state index contributed by atoms with van der Waals surface area (Å²) in [6, 6.07) is 4.31.